The van der Waals surface area contributed by atoms with Gasteiger partial charge in [0, 0.05) is 50.9 Å². The Balaban J connectivity index is 1.41. The fraction of sp³-hybridized carbons (Fsp3) is 0.474. The Labute approximate surface area is 157 Å². The lowest BCUT2D eigenvalue weighted by Crippen LogP contribution is -2.61. The molecule has 3 atom stereocenters. The molecule has 8 nitrogen and oxygen atoms in total. The number of benzene rings is 1. The predicted octanol–water partition coefficient (Wildman–Crippen LogP) is 0.0980. The summed E-state index contributed by atoms with van der Waals surface area (Å²) in [6, 6.07) is 9.73. The Morgan fingerprint density at radius 1 is 1.07 bits per heavy atom. The zero-order chi connectivity index (χ0) is 18.4. The van der Waals surface area contributed by atoms with Gasteiger partial charge < -0.3 is 25.7 Å². The molecule has 2 fully saturated rings. The molecule has 0 aliphatic carbocycles. The van der Waals surface area contributed by atoms with Crippen molar-refractivity contribution in [2.45, 2.75) is 18.2 Å². The molecule has 1 aromatic carbocycles. The minimum absolute atomic E-state index is 0.195. The van der Waals surface area contributed by atoms with E-state index >= 15 is 0 Å². The lowest BCUT2D eigenvalue weighted by Gasteiger charge is -2.47. The number of phenolic OH excluding ortho intramolecular Hbond substituents is 1. The molecule has 27 heavy (non-hydrogen) atoms. The highest BCUT2D eigenvalue weighted by atomic mass is 16.3. The summed E-state index contributed by atoms with van der Waals surface area (Å²) in [4.78, 5) is 4.78. The van der Waals surface area contributed by atoms with E-state index in [-0.39, 0.29) is 17.9 Å². The summed E-state index contributed by atoms with van der Waals surface area (Å²) in [6.45, 7) is 5.04. The van der Waals surface area contributed by atoms with Crippen LogP contribution in [0.5, 0.6) is 5.75 Å². The summed E-state index contributed by atoms with van der Waals surface area (Å²) >= 11 is 0. The second-order valence-electron chi connectivity index (χ2n) is 7.50. The first-order valence-corrected chi connectivity index (χ1v) is 9.50. The van der Waals surface area contributed by atoms with E-state index in [0.29, 0.717) is 23.8 Å². The number of hydrogen-bond donors (Lipinski definition) is 4. The summed E-state index contributed by atoms with van der Waals surface area (Å²) in [5.41, 5.74) is 2.39. The third-order valence-electron chi connectivity index (χ3n) is 5.90. The number of hydrogen-bond acceptors (Lipinski definition) is 8. The lowest BCUT2D eigenvalue weighted by molar-refractivity contribution is 0.0706. The number of aliphatic hydroxyl groups is 1. The second-order valence-corrected chi connectivity index (χ2v) is 7.50. The highest BCUT2D eigenvalue weighted by molar-refractivity contribution is 5.76. The van der Waals surface area contributed by atoms with Crippen molar-refractivity contribution in [1.82, 2.24) is 20.4 Å². The normalized spacial score (nSPS) is 27.7. The molecule has 3 aliphatic heterocycles. The van der Waals surface area contributed by atoms with Gasteiger partial charge in [-0.1, -0.05) is 12.1 Å². The molecule has 4 N–H and O–H groups in total. The van der Waals surface area contributed by atoms with E-state index in [1.165, 1.54) is 0 Å². The van der Waals surface area contributed by atoms with Crippen LogP contribution < -0.4 is 15.5 Å². The summed E-state index contributed by atoms with van der Waals surface area (Å²) in [5.74, 6) is 1.00. The third kappa shape index (κ3) is 2.90. The largest absolute Gasteiger partial charge is 0.507 e. The average Bonchev–Trinajstić information content (AvgIpc) is 3.13. The van der Waals surface area contributed by atoms with Gasteiger partial charge in [0.05, 0.1) is 23.5 Å². The van der Waals surface area contributed by atoms with Crippen LogP contribution in [0.15, 0.2) is 30.3 Å². The first kappa shape index (κ1) is 16.7. The van der Waals surface area contributed by atoms with Crippen LogP contribution in [0.2, 0.25) is 0 Å². The number of aromatic nitrogens is 2. The predicted molar refractivity (Wildman–Crippen MR) is 103 cm³/mol. The summed E-state index contributed by atoms with van der Waals surface area (Å²) in [7, 11) is 0. The van der Waals surface area contributed by atoms with E-state index in [4.69, 9.17) is 0 Å². The van der Waals surface area contributed by atoms with Crippen molar-refractivity contribution in [3.63, 3.8) is 0 Å². The van der Waals surface area contributed by atoms with E-state index < -0.39 is 0 Å². The van der Waals surface area contributed by atoms with E-state index in [1.807, 2.05) is 18.2 Å². The number of nitrogens with zero attached hydrogens (tertiary/aromatic N) is 4. The van der Waals surface area contributed by atoms with Gasteiger partial charge in [0.15, 0.2) is 5.82 Å². The molecule has 2 unspecified atom stereocenters. The Morgan fingerprint density at radius 3 is 2.78 bits per heavy atom. The van der Waals surface area contributed by atoms with Gasteiger partial charge in [-0.15, -0.1) is 10.2 Å². The standard InChI is InChI=1S/C19H24N6O2/c26-17-4-2-1-3-13(17)14-7-15-19(23-22-14)21-8-12-11-24(5-6-25(12)15)16-9-20-10-18(16)27/h1-4,7,12,16,18,20,26-27H,5-6,8-11H2,(H,21,23)/t12-,16?,18?/m0/s1. The van der Waals surface area contributed by atoms with Crippen LogP contribution in [0, 0.1) is 0 Å². The van der Waals surface area contributed by atoms with Gasteiger partial charge in [-0.3, -0.25) is 4.90 Å². The number of aromatic hydroxyl groups is 1. The van der Waals surface area contributed by atoms with Gasteiger partial charge in [-0.05, 0) is 18.2 Å². The van der Waals surface area contributed by atoms with Crippen molar-refractivity contribution in [2.24, 2.45) is 0 Å². The maximum absolute atomic E-state index is 10.2. The molecule has 0 radical (unpaired) electrons. The SMILES string of the molecule is Oc1ccccc1-c1cc2c(nn1)NC[C@H]1CN(C3CNCC3O)CCN21. The Kier molecular flexibility index (Phi) is 4.11. The minimum Gasteiger partial charge on any atom is -0.507 e. The molecule has 2 aromatic rings. The average molecular weight is 368 g/mol. The van der Waals surface area contributed by atoms with Crippen molar-refractivity contribution < 1.29 is 10.2 Å². The molecule has 142 valence electrons. The fourth-order valence-corrected chi connectivity index (χ4v) is 4.46. The maximum Gasteiger partial charge on any atom is 0.172 e. The van der Waals surface area contributed by atoms with Crippen LogP contribution in [-0.4, -0.2) is 82.8 Å². The van der Waals surface area contributed by atoms with Crippen molar-refractivity contribution >= 4 is 11.5 Å². The summed E-state index contributed by atoms with van der Waals surface area (Å²) in [6.07, 6.45) is -0.293. The van der Waals surface area contributed by atoms with Gasteiger partial charge in [-0.25, -0.2) is 0 Å². The zero-order valence-electron chi connectivity index (χ0n) is 15.0. The van der Waals surface area contributed by atoms with Crippen LogP contribution in [0.1, 0.15) is 0 Å². The van der Waals surface area contributed by atoms with E-state index in [1.54, 1.807) is 12.1 Å². The Bertz CT molecular complexity index is 847. The van der Waals surface area contributed by atoms with Crippen molar-refractivity contribution in [3.8, 4) is 17.0 Å². The van der Waals surface area contributed by atoms with Crippen LogP contribution in [0.25, 0.3) is 11.3 Å². The van der Waals surface area contributed by atoms with Crippen molar-refractivity contribution in [3.05, 3.63) is 30.3 Å². The van der Waals surface area contributed by atoms with Gasteiger partial charge in [0.1, 0.15) is 5.75 Å². The first-order valence-electron chi connectivity index (χ1n) is 9.50. The second kappa shape index (κ2) is 6.63. The fourth-order valence-electron chi connectivity index (χ4n) is 4.46. The molecule has 0 bridgehead atoms. The van der Waals surface area contributed by atoms with Crippen LogP contribution in [0.4, 0.5) is 11.5 Å². The molecule has 0 amide bonds. The quantitative estimate of drug-likeness (QED) is 0.593. The number of rotatable bonds is 2. The van der Waals surface area contributed by atoms with Gasteiger partial charge in [0.2, 0.25) is 0 Å². The third-order valence-corrected chi connectivity index (χ3v) is 5.90. The lowest BCUT2D eigenvalue weighted by atomic mass is 10.0. The number of phenols is 1. The first-order chi connectivity index (χ1) is 13.2. The molecule has 1 aromatic heterocycles. The number of para-hydroxylation sites is 1. The summed E-state index contributed by atoms with van der Waals surface area (Å²) in [5, 5.41) is 35.7. The number of anilines is 2. The van der Waals surface area contributed by atoms with E-state index in [0.717, 1.165) is 44.2 Å². The number of β-amino-alcohol motifs (C(OH)–C–C–N with tert-alkyl or cyclic N) is 1. The molecule has 5 rings (SSSR count). The number of piperazine rings is 1. The molecular weight excluding hydrogens is 344 g/mol. The summed E-state index contributed by atoms with van der Waals surface area (Å²) < 4.78 is 0. The van der Waals surface area contributed by atoms with Gasteiger partial charge in [0.25, 0.3) is 0 Å². The molecule has 3 aliphatic rings. The highest BCUT2D eigenvalue weighted by Crippen LogP contribution is 2.36. The Morgan fingerprint density at radius 2 is 1.96 bits per heavy atom. The molecule has 0 spiro atoms. The number of nitrogens with one attached hydrogen (secondary N) is 2. The number of fused-ring (bicyclic) bond motifs is 3. The van der Waals surface area contributed by atoms with Crippen LogP contribution in [-0.2, 0) is 0 Å². The molecule has 4 heterocycles. The van der Waals surface area contributed by atoms with Crippen LogP contribution in [0.3, 0.4) is 0 Å². The Hall–Kier alpha value is -2.42. The topological polar surface area (TPSA) is 96.8 Å². The van der Waals surface area contributed by atoms with E-state index in [2.05, 4.69) is 30.6 Å². The van der Waals surface area contributed by atoms with Gasteiger partial charge in [-0.2, -0.15) is 0 Å². The number of aliphatic hydroxyl groups excluding tert-OH is 1. The molecule has 8 heteroatoms. The smallest absolute Gasteiger partial charge is 0.172 e. The van der Waals surface area contributed by atoms with Crippen molar-refractivity contribution in [2.75, 3.05) is 49.5 Å². The monoisotopic (exact) mass is 368 g/mol. The van der Waals surface area contributed by atoms with Crippen LogP contribution >= 0.6 is 0 Å². The molecule has 2 saturated heterocycles. The maximum atomic E-state index is 10.2. The van der Waals surface area contributed by atoms with E-state index in [9.17, 15) is 10.2 Å². The van der Waals surface area contributed by atoms with Gasteiger partial charge >= 0.3 is 0 Å². The highest BCUT2D eigenvalue weighted by Gasteiger charge is 2.38. The van der Waals surface area contributed by atoms with Crippen molar-refractivity contribution in [1.29, 1.82) is 0 Å². The molecular formula is C19H24N6O2. The molecule has 0 saturated carbocycles. The zero-order valence-corrected chi connectivity index (χ0v) is 15.0. The minimum atomic E-state index is -0.293.